The second kappa shape index (κ2) is 5.09. The number of Topliss-reactive ketones (excluding diaryl/α,β-unsaturated/α-hetero) is 1. The summed E-state index contributed by atoms with van der Waals surface area (Å²) in [6, 6.07) is 6.20. The zero-order valence-corrected chi connectivity index (χ0v) is 11.5. The molecule has 1 aromatic carbocycles. The van der Waals surface area contributed by atoms with Crippen LogP contribution in [-0.2, 0) is 11.2 Å². The Morgan fingerprint density at radius 3 is 2.62 bits per heavy atom. The number of aryl methyl sites for hydroxylation is 1. The SMILES string of the molecule is Cc1cc(F)cc2c1N(CCc1ccncc1)C(=O)C2=O. The topological polar surface area (TPSA) is 50.3 Å². The highest BCUT2D eigenvalue weighted by Gasteiger charge is 2.37. The van der Waals surface area contributed by atoms with Crippen molar-refractivity contribution in [3.63, 3.8) is 0 Å². The second-order valence-electron chi connectivity index (χ2n) is 5.01. The summed E-state index contributed by atoms with van der Waals surface area (Å²) in [6.45, 7) is 2.08. The maximum Gasteiger partial charge on any atom is 0.299 e. The molecular formula is C16H13FN2O2. The van der Waals surface area contributed by atoms with Gasteiger partial charge < -0.3 is 4.90 Å². The molecule has 0 bridgehead atoms. The molecule has 1 aliphatic heterocycles. The maximum atomic E-state index is 13.4. The lowest BCUT2D eigenvalue weighted by atomic mass is 10.1. The predicted octanol–water partition coefficient (Wildman–Crippen LogP) is 2.30. The molecule has 0 atom stereocenters. The molecular weight excluding hydrogens is 271 g/mol. The lowest BCUT2D eigenvalue weighted by Gasteiger charge is -2.18. The van der Waals surface area contributed by atoms with Crippen LogP contribution >= 0.6 is 0 Å². The fourth-order valence-corrected chi connectivity index (χ4v) is 2.61. The molecule has 2 aromatic rings. The van der Waals surface area contributed by atoms with Crippen LogP contribution < -0.4 is 4.90 Å². The van der Waals surface area contributed by atoms with Gasteiger partial charge in [-0.3, -0.25) is 14.6 Å². The Morgan fingerprint density at radius 2 is 1.90 bits per heavy atom. The van der Waals surface area contributed by atoms with Crippen LogP contribution in [-0.4, -0.2) is 23.2 Å². The Balaban J connectivity index is 1.91. The van der Waals surface area contributed by atoms with Crippen LogP contribution in [0.5, 0.6) is 0 Å². The zero-order valence-electron chi connectivity index (χ0n) is 11.5. The molecule has 0 aliphatic carbocycles. The molecule has 1 aromatic heterocycles. The van der Waals surface area contributed by atoms with Crippen molar-refractivity contribution >= 4 is 17.4 Å². The molecule has 1 amide bonds. The van der Waals surface area contributed by atoms with E-state index >= 15 is 0 Å². The number of carbonyl (C=O) groups is 2. The van der Waals surface area contributed by atoms with E-state index in [9.17, 15) is 14.0 Å². The van der Waals surface area contributed by atoms with Gasteiger partial charge in [-0.25, -0.2) is 4.39 Å². The van der Waals surface area contributed by atoms with Crippen LogP contribution in [0.15, 0.2) is 36.7 Å². The Hall–Kier alpha value is -2.56. The molecule has 2 heterocycles. The fraction of sp³-hybridized carbons (Fsp3) is 0.188. The van der Waals surface area contributed by atoms with E-state index in [4.69, 9.17) is 0 Å². The molecule has 21 heavy (non-hydrogen) atoms. The van der Waals surface area contributed by atoms with Gasteiger partial charge in [0, 0.05) is 18.9 Å². The van der Waals surface area contributed by atoms with E-state index in [1.807, 2.05) is 12.1 Å². The summed E-state index contributed by atoms with van der Waals surface area (Å²) in [4.78, 5) is 29.4. The molecule has 0 unspecified atom stereocenters. The lowest BCUT2D eigenvalue weighted by Crippen LogP contribution is -2.32. The summed E-state index contributed by atoms with van der Waals surface area (Å²) < 4.78 is 13.4. The first-order valence-electron chi connectivity index (χ1n) is 6.63. The van der Waals surface area contributed by atoms with Crippen LogP contribution in [0.2, 0.25) is 0 Å². The summed E-state index contributed by atoms with van der Waals surface area (Å²) in [6.07, 6.45) is 3.97. The molecule has 1 aliphatic rings. The van der Waals surface area contributed by atoms with Crippen molar-refractivity contribution in [3.05, 3.63) is 59.2 Å². The van der Waals surface area contributed by atoms with Gasteiger partial charge in [-0.05, 0) is 48.7 Å². The first-order chi connectivity index (χ1) is 10.1. The number of nitrogens with zero attached hydrogens (tertiary/aromatic N) is 2. The summed E-state index contributed by atoms with van der Waals surface area (Å²) in [5, 5.41) is 0. The number of amides is 1. The number of pyridine rings is 1. The smallest absolute Gasteiger partial charge is 0.299 e. The van der Waals surface area contributed by atoms with Crippen LogP contribution in [0.3, 0.4) is 0 Å². The third-order valence-corrected chi connectivity index (χ3v) is 3.59. The molecule has 4 nitrogen and oxygen atoms in total. The number of benzene rings is 1. The van der Waals surface area contributed by atoms with Crippen LogP contribution in [0.4, 0.5) is 10.1 Å². The molecule has 0 radical (unpaired) electrons. The number of fused-ring (bicyclic) bond motifs is 1. The standard InChI is InChI=1S/C16H13FN2O2/c1-10-8-12(17)9-13-14(10)19(16(21)15(13)20)7-4-11-2-5-18-6-3-11/h2-3,5-6,8-9H,4,7H2,1H3. The minimum absolute atomic E-state index is 0.159. The predicted molar refractivity (Wildman–Crippen MR) is 75.8 cm³/mol. The van der Waals surface area contributed by atoms with E-state index in [2.05, 4.69) is 4.98 Å². The second-order valence-corrected chi connectivity index (χ2v) is 5.01. The monoisotopic (exact) mass is 284 g/mol. The van der Waals surface area contributed by atoms with Crippen LogP contribution in [0.25, 0.3) is 0 Å². The molecule has 106 valence electrons. The van der Waals surface area contributed by atoms with Gasteiger partial charge in [-0.15, -0.1) is 0 Å². The number of ketones is 1. The molecule has 0 saturated heterocycles. The van der Waals surface area contributed by atoms with Crippen molar-refractivity contribution in [2.75, 3.05) is 11.4 Å². The van der Waals surface area contributed by atoms with Crippen LogP contribution in [0.1, 0.15) is 21.5 Å². The molecule has 0 fully saturated rings. The lowest BCUT2D eigenvalue weighted by molar-refractivity contribution is -0.114. The highest BCUT2D eigenvalue weighted by molar-refractivity contribution is 6.52. The first-order valence-corrected chi connectivity index (χ1v) is 6.63. The van der Waals surface area contributed by atoms with Crippen molar-refractivity contribution < 1.29 is 14.0 Å². The molecule has 0 spiro atoms. The van der Waals surface area contributed by atoms with Crippen molar-refractivity contribution in [3.8, 4) is 0 Å². The Labute approximate surface area is 121 Å². The van der Waals surface area contributed by atoms with E-state index in [0.29, 0.717) is 24.2 Å². The van der Waals surface area contributed by atoms with Gasteiger partial charge in [0.25, 0.3) is 11.7 Å². The van der Waals surface area contributed by atoms with Crippen molar-refractivity contribution in [1.82, 2.24) is 4.98 Å². The maximum absolute atomic E-state index is 13.4. The van der Waals surface area contributed by atoms with Crippen molar-refractivity contribution in [1.29, 1.82) is 0 Å². The average Bonchev–Trinajstić information content (AvgIpc) is 2.71. The van der Waals surface area contributed by atoms with Gasteiger partial charge in [-0.2, -0.15) is 0 Å². The first kappa shape index (κ1) is 13.4. The van der Waals surface area contributed by atoms with E-state index < -0.39 is 17.5 Å². The van der Waals surface area contributed by atoms with Crippen molar-refractivity contribution in [2.45, 2.75) is 13.3 Å². The molecule has 0 saturated carbocycles. The number of rotatable bonds is 3. The number of halogens is 1. The molecule has 0 N–H and O–H groups in total. The third-order valence-electron chi connectivity index (χ3n) is 3.59. The van der Waals surface area contributed by atoms with E-state index in [1.54, 1.807) is 19.3 Å². The summed E-state index contributed by atoms with van der Waals surface area (Å²) >= 11 is 0. The van der Waals surface area contributed by atoms with E-state index in [-0.39, 0.29) is 5.56 Å². The number of hydrogen-bond acceptors (Lipinski definition) is 3. The largest absolute Gasteiger partial charge is 0.304 e. The quantitative estimate of drug-likeness (QED) is 0.813. The number of anilines is 1. The minimum Gasteiger partial charge on any atom is -0.304 e. The molecule has 3 rings (SSSR count). The highest BCUT2D eigenvalue weighted by Crippen LogP contribution is 2.33. The van der Waals surface area contributed by atoms with E-state index in [1.165, 1.54) is 11.0 Å². The fourth-order valence-electron chi connectivity index (χ4n) is 2.61. The van der Waals surface area contributed by atoms with Gasteiger partial charge >= 0.3 is 0 Å². The number of aromatic nitrogens is 1. The normalized spacial score (nSPS) is 13.7. The van der Waals surface area contributed by atoms with Gasteiger partial charge in [0.15, 0.2) is 0 Å². The number of hydrogen-bond donors (Lipinski definition) is 0. The van der Waals surface area contributed by atoms with Crippen molar-refractivity contribution in [2.24, 2.45) is 0 Å². The Morgan fingerprint density at radius 1 is 1.19 bits per heavy atom. The summed E-state index contributed by atoms with van der Waals surface area (Å²) in [5.74, 6) is -1.72. The summed E-state index contributed by atoms with van der Waals surface area (Å²) in [7, 11) is 0. The van der Waals surface area contributed by atoms with E-state index in [0.717, 1.165) is 11.6 Å². The summed E-state index contributed by atoms with van der Waals surface area (Å²) in [5.41, 5.74) is 2.31. The molecule has 5 heteroatoms. The van der Waals surface area contributed by atoms with Gasteiger partial charge in [0.2, 0.25) is 0 Å². The number of carbonyl (C=O) groups excluding carboxylic acids is 2. The minimum atomic E-state index is -0.637. The van der Waals surface area contributed by atoms with Crippen LogP contribution in [0, 0.1) is 12.7 Å². The Kier molecular flexibility index (Phi) is 3.25. The Bertz CT molecular complexity index is 729. The highest BCUT2D eigenvalue weighted by atomic mass is 19.1. The van der Waals surface area contributed by atoms with Gasteiger partial charge in [0.1, 0.15) is 5.82 Å². The van der Waals surface area contributed by atoms with Gasteiger partial charge in [-0.1, -0.05) is 0 Å². The third kappa shape index (κ3) is 2.31. The average molecular weight is 284 g/mol. The zero-order chi connectivity index (χ0) is 15.0. The van der Waals surface area contributed by atoms with Gasteiger partial charge in [0.05, 0.1) is 11.3 Å².